The van der Waals surface area contributed by atoms with Crippen molar-refractivity contribution < 1.29 is 4.79 Å². The summed E-state index contributed by atoms with van der Waals surface area (Å²) in [7, 11) is 0. The Bertz CT molecular complexity index is 777. The molecular weight excluding hydrogens is 292 g/mol. The van der Waals surface area contributed by atoms with Crippen molar-refractivity contribution in [3.8, 4) is 6.07 Å². The van der Waals surface area contributed by atoms with Crippen molar-refractivity contribution in [1.29, 1.82) is 5.26 Å². The predicted molar refractivity (Wildman–Crippen MR) is 89.3 cm³/mol. The SMILES string of the molecule is CC(C)(C)c1cc(NC(=O)C2Cc3ccccc32)c(C#N)s1. The largest absolute Gasteiger partial charge is 0.324 e. The van der Waals surface area contributed by atoms with Crippen LogP contribution >= 0.6 is 11.3 Å². The third kappa shape index (κ3) is 2.53. The first-order chi connectivity index (χ1) is 10.4. The molecule has 1 unspecified atom stereocenters. The van der Waals surface area contributed by atoms with Crippen molar-refractivity contribution in [1.82, 2.24) is 0 Å². The maximum Gasteiger partial charge on any atom is 0.232 e. The van der Waals surface area contributed by atoms with Gasteiger partial charge < -0.3 is 5.32 Å². The molecule has 1 amide bonds. The summed E-state index contributed by atoms with van der Waals surface area (Å²) in [5.41, 5.74) is 2.96. The number of hydrogen-bond acceptors (Lipinski definition) is 3. The molecule has 0 aliphatic heterocycles. The zero-order valence-electron chi connectivity index (χ0n) is 12.9. The van der Waals surface area contributed by atoms with Gasteiger partial charge in [0.2, 0.25) is 5.91 Å². The molecule has 0 saturated heterocycles. The fourth-order valence-corrected chi connectivity index (χ4v) is 3.62. The highest BCUT2D eigenvalue weighted by Gasteiger charge is 2.32. The maximum atomic E-state index is 12.5. The zero-order valence-corrected chi connectivity index (χ0v) is 13.8. The average Bonchev–Trinajstić information content (AvgIpc) is 2.83. The van der Waals surface area contributed by atoms with E-state index in [2.05, 4.69) is 38.2 Å². The fraction of sp³-hybridized carbons (Fsp3) is 0.333. The molecule has 0 saturated carbocycles. The van der Waals surface area contributed by atoms with Gasteiger partial charge in [-0.25, -0.2) is 0 Å². The highest BCUT2D eigenvalue weighted by atomic mass is 32.1. The fourth-order valence-electron chi connectivity index (χ4n) is 2.65. The van der Waals surface area contributed by atoms with Crippen LogP contribution in [0.3, 0.4) is 0 Å². The molecule has 3 nitrogen and oxygen atoms in total. The second-order valence-electron chi connectivity index (χ2n) is 6.66. The smallest absolute Gasteiger partial charge is 0.232 e. The summed E-state index contributed by atoms with van der Waals surface area (Å²) >= 11 is 1.46. The van der Waals surface area contributed by atoms with Crippen LogP contribution in [-0.4, -0.2) is 5.91 Å². The summed E-state index contributed by atoms with van der Waals surface area (Å²) in [5, 5.41) is 12.2. The predicted octanol–water partition coefficient (Wildman–Crippen LogP) is 4.20. The first kappa shape index (κ1) is 14.8. The first-order valence-electron chi connectivity index (χ1n) is 7.33. The molecule has 1 heterocycles. The van der Waals surface area contributed by atoms with Crippen molar-refractivity contribution >= 4 is 22.9 Å². The molecule has 0 spiro atoms. The van der Waals surface area contributed by atoms with Gasteiger partial charge in [-0.05, 0) is 29.0 Å². The van der Waals surface area contributed by atoms with E-state index >= 15 is 0 Å². The van der Waals surface area contributed by atoms with E-state index in [4.69, 9.17) is 0 Å². The van der Waals surface area contributed by atoms with Crippen molar-refractivity contribution in [2.45, 2.75) is 38.5 Å². The Kier molecular flexibility index (Phi) is 3.54. The lowest BCUT2D eigenvalue weighted by atomic mass is 9.77. The minimum Gasteiger partial charge on any atom is -0.324 e. The van der Waals surface area contributed by atoms with Crippen LogP contribution in [0, 0.1) is 11.3 Å². The first-order valence-corrected chi connectivity index (χ1v) is 8.15. The van der Waals surface area contributed by atoms with Gasteiger partial charge >= 0.3 is 0 Å². The van der Waals surface area contributed by atoms with Crippen molar-refractivity contribution in [2.75, 3.05) is 5.32 Å². The molecule has 112 valence electrons. The number of hydrogen-bond donors (Lipinski definition) is 1. The molecule has 3 rings (SSSR count). The second-order valence-corrected chi connectivity index (χ2v) is 7.71. The number of nitrogens with one attached hydrogen (secondary N) is 1. The summed E-state index contributed by atoms with van der Waals surface area (Å²) in [6, 6.07) is 12.1. The number of carbonyl (C=O) groups excluding carboxylic acids is 1. The molecule has 1 N–H and O–H groups in total. The summed E-state index contributed by atoms with van der Waals surface area (Å²) in [5.74, 6) is -0.116. The number of amides is 1. The quantitative estimate of drug-likeness (QED) is 0.904. The Morgan fingerprint density at radius 2 is 2.09 bits per heavy atom. The zero-order chi connectivity index (χ0) is 15.9. The molecule has 22 heavy (non-hydrogen) atoms. The van der Waals surface area contributed by atoms with Gasteiger partial charge in [0, 0.05) is 4.88 Å². The molecule has 4 heteroatoms. The lowest BCUT2D eigenvalue weighted by molar-refractivity contribution is -0.118. The number of thiophene rings is 1. The van der Waals surface area contributed by atoms with Crippen LogP contribution in [0.1, 0.15) is 47.6 Å². The lowest BCUT2D eigenvalue weighted by Crippen LogP contribution is -2.30. The summed E-state index contributed by atoms with van der Waals surface area (Å²) in [6.07, 6.45) is 0.778. The summed E-state index contributed by atoms with van der Waals surface area (Å²) in [6.45, 7) is 6.31. The van der Waals surface area contributed by atoms with Crippen LogP contribution in [0.2, 0.25) is 0 Å². The number of rotatable bonds is 2. The van der Waals surface area contributed by atoms with Crippen LogP contribution in [0.5, 0.6) is 0 Å². The van der Waals surface area contributed by atoms with Crippen molar-refractivity contribution in [3.63, 3.8) is 0 Å². The molecule has 2 aromatic rings. The van der Waals surface area contributed by atoms with Crippen LogP contribution in [-0.2, 0) is 16.6 Å². The minimum absolute atomic E-state index is 0.0199. The number of nitrogens with zero attached hydrogens (tertiary/aromatic N) is 1. The lowest BCUT2D eigenvalue weighted by Gasteiger charge is -2.28. The highest BCUT2D eigenvalue weighted by Crippen LogP contribution is 2.38. The van der Waals surface area contributed by atoms with E-state index in [1.807, 2.05) is 24.3 Å². The van der Waals surface area contributed by atoms with Crippen LogP contribution in [0.4, 0.5) is 5.69 Å². The topological polar surface area (TPSA) is 52.9 Å². The van der Waals surface area contributed by atoms with E-state index in [-0.39, 0.29) is 17.2 Å². The van der Waals surface area contributed by atoms with Gasteiger partial charge in [0.25, 0.3) is 0 Å². The normalized spacial score (nSPS) is 16.4. The Hall–Kier alpha value is -2.12. The van der Waals surface area contributed by atoms with Gasteiger partial charge in [0.05, 0.1) is 11.6 Å². The molecule has 0 fully saturated rings. The molecule has 0 bridgehead atoms. The molecule has 1 atom stereocenters. The van der Waals surface area contributed by atoms with Gasteiger partial charge in [-0.1, -0.05) is 45.0 Å². The van der Waals surface area contributed by atoms with E-state index < -0.39 is 0 Å². The number of anilines is 1. The number of benzene rings is 1. The molecule has 1 aliphatic rings. The molecular formula is C18H18N2OS. The number of nitriles is 1. The molecule has 0 radical (unpaired) electrons. The summed E-state index contributed by atoms with van der Waals surface area (Å²) < 4.78 is 0. The Morgan fingerprint density at radius 1 is 1.36 bits per heavy atom. The Labute approximate surface area is 134 Å². The number of carbonyl (C=O) groups is 1. The standard InChI is InChI=1S/C18H18N2OS/c1-18(2,3)16-9-14(15(10-19)22-16)20-17(21)13-8-11-6-4-5-7-12(11)13/h4-7,9,13H,8H2,1-3H3,(H,20,21). The van der Waals surface area contributed by atoms with Crippen molar-refractivity contribution in [3.05, 3.63) is 51.2 Å². The van der Waals surface area contributed by atoms with E-state index in [9.17, 15) is 10.1 Å². The van der Waals surface area contributed by atoms with Gasteiger partial charge in [-0.15, -0.1) is 11.3 Å². The van der Waals surface area contributed by atoms with Crippen LogP contribution in [0.25, 0.3) is 0 Å². The van der Waals surface area contributed by atoms with Gasteiger partial charge in [-0.3, -0.25) is 4.79 Å². The summed E-state index contributed by atoms with van der Waals surface area (Å²) in [4.78, 5) is 14.1. The van der Waals surface area contributed by atoms with Crippen LogP contribution in [0.15, 0.2) is 30.3 Å². The van der Waals surface area contributed by atoms with Gasteiger partial charge in [0.1, 0.15) is 10.9 Å². The van der Waals surface area contributed by atoms with E-state index in [0.29, 0.717) is 10.6 Å². The molecule has 1 aromatic heterocycles. The average molecular weight is 310 g/mol. The maximum absolute atomic E-state index is 12.5. The third-order valence-corrected chi connectivity index (χ3v) is 5.47. The third-order valence-electron chi connectivity index (χ3n) is 4.00. The minimum atomic E-state index is -0.0965. The van der Waals surface area contributed by atoms with Crippen molar-refractivity contribution in [2.24, 2.45) is 0 Å². The Balaban J connectivity index is 1.81. The molecule has 1 aromatic carbocycles. The van der Waals surface area contributed by atoms with E-state index in [0.717, 1.165) is 16.9 Å². The van der Waals surface area contributed by atoms with Crippen LogP contribution < -0.4 is 5.32 Å². The number of fused-ring (bicyclic) bond motifs is 1. The Morgan fingerprint density at radius 3 is 2.73 bits per heavy atom. The monoisotopic (exact) mass is 310 g/mol. The van der Waals surface area contributed by atoms with E-state index in [1.165, 1.54) is 16.9 Å². The second kappa shape index (κ2) is 5.26. The molecule has 1 aliphatic carbocycles. The van der Waals surface area contributed by atoms with Gasteiger partial charge in [-0.2, -0.15) is 5.26 Å². The van der Waals surface area contributed by atoms with Gasteiger partial charge in [0.15, 0.2) is 0 Å². The highest BCUT2D eigenvalue weighted by molar-refractivity contribution is 7.13. The van der Waals surface area contributed by atoms with E-state index in [1.54, 1.807) is 0 Å².